The van der Waals surface area contributed by atoms with Crippen LogP contribution in [0.5, 0.6) is 0 Å². The summed E-state index contributed by atoms with van der Waals surface area (Å²) in [7, 11) is 0. The zero-order chi connectivity index (χ0) is 27.1. The topological polar surface area (TPSA) is 22.1 Å². The van der Waals surface area contributed by atoms with E-state index in [0.29, 0.717) is 12.6 Å². The standard InChI is InChI=1S/C37H39N2O/c1-3-21-40-37(33-17-19-38-35-16-10-9-15-32(33)35)36-23-27-18-20-39(36,24-26(27)4-2)25-34-30-13-7-5-11-28(30)22-29-12-6-8-14-31(29)34/h3,5-17,19,22,26-27,36-37H,1,4,18,20-21,23-25H2,2H3/q+1/t26-,27-,36+,37-,39-/m0/s1. The molecule has 0 radical (unpaired) electrons. The first-order valence-corrected chi connectivity index (χ1v) is 15.0. The fourth-order valence-electron chi connectivity index (χ4n) is 8.18. The highest BCUT2D eigenvalue weighted by Crippen LogP contribution is 2.50. The van der Waals surface area contributed by atoms with Crippen molar-refractivity contribution >= 4 is 32.4 Å². The van der Waals surface area contributed by atoms with Crippen molar-refractivity contribution < 1.29 is 9.22 Å². The fraction of sp³-hybridized carbons (Fsp3) is 0.324. The van der Waals surface area contributed by atoms with Crippen LogP contribution in [0.15, 0.2) is 104 Å². The van der Waals surface area contributed by atoms with Gasteiger partial charge in [0.15, 0.2) is 0 Å². The molecule has 5 atom stereocenters. The number of para-hydroxylation sites is 1. The molecule has 8 rings (SSSR count). The van der Waals surface area contributed by atoms with Gasteiger partial charge in [-0.05, 0) is 57.6 Å². The Morgan fingerprint density at radius 1 is 0.950 bits per heavy atom. The minimum absolute atomic E-state index is 0.00672. The maximum absolute atomic E-state index is 6.82. The van der Waals surface area contributed by atoms with Crippen molar-refractivity contribution in [1.82, 2.24) is 4.98 Å². The number of pyridine rings is 1. The molecule has 3 aliphatic heterocycles. The summed E-state index contributed by atoms with van der Waals surface area (Å²) in [5.41, 5.74) is 3.82. The average molecular weight is 528 g/mol. The van der Waals surface area contributed by atoms with Crippen LogP contribution in [0.4, 0.5) is 0 Å². The first kappa shape index (κ1) is 25.4. The van der Waals surface area contributed by atoms with Crippen molar-refractivity contribution in [2.45, 2.75) is 44.9 Å². The van der Waals surface area contributed by atoms with Crippen LogP contribution < -0.4 is 0 Å². The Hall–Kier alpha value is -3.53. The molecule has 3 saturated heterocycles. The van der Waals surface area contributed by atoms with Crippen LogP contribution in [-0.2, 0) is 11.3 Å². The molecule has 3 aliphatic rings. The number of ether oxygens (including phenoxy) is 1. The van der Waals surface area contributed by atoms with Gasteiger partial charge in [0.1, 0.15) is 18.7 Å². The van der Waals surface area contributed by atoms with E-state index >= 15 is 0 Å². The molecule has 1 aromatic heterocycles. The molecule has 3 fully saturated rings. The summed E-state index contributed by atoms with van der Waals surface area (Å²) < 4.78 is 7.91. The zero-order valence-electron chi connectivity index (χ0n) is 23.5. The number of benzene rings is 4. The first-order chi connectivity index (χ1) is 19.7. The lowest BCUT2D eigenvalue weighted by Gasteiger charge is -2.59. The summed E-state index contributed by atoms with van der Waals surface area (Å²) in [5.74, 6) is 1.53. The quantitative estimate of drug-likeness (QED) is 0.114. The van der Waals surface area contributed by atoms with Gasteiger partial charge in [-0.2, -0.15) is 0 Å². The third-order valence-electron chi connectivity index (χ3n) is 10.1. The molecule has 4 heterocycles. The predicted octanol–water partition coefficient (Wildman–Crippen LogP) is 8.62. The maximum atomic E-state index is 6.82. The molecule has 202 valence electrons. The molecule has 0 unspecified atom stereocenters. The number of rotatable bonds is 8. The Kier molecular flexibility index (Phi) is 6.65. The predicted molar refractivity (Wildman–Crippen MR) is 166 cm³/mol. The van der Waals surface area contributed by atoms with Gasteiger partial charge in [-0.25, -0.2) is 0 Å². The Balaban J connectivity index is 1.41. The third-order valence-corrected chi connectivity index (χ3v) is 10.1. The summed E-state index contributed by atoms with van der Waals surface area (Å²) in [4.78, 5) is 4.70. The van der Waals surface area contributed by atoms with Crippen molar-refractivity contribution in [2.24, 2.45) is 11.8 Å². The van der Waals surface area contributed by atoms with Crippen LogP contribution in [0.2, 0.25) is 0 Å². The van der Waals surface area contributed by atoms with Crippen molar-refractivity contribution in [1.29, 1.82) is 0 Å². The van der Waals surface area contributed by atoms with Crippen LogP contribution >= 0.6 is 0 Å². The monoisotopic (exact) mass is 527 g/mol. The molecule has 0 spiro atoms. The van der Waals surface area contributed by atoms with Crippen molar-refractivity contribution in [3.05, 3.63) is 115 Å². The van der Waals surface area contributed by atoms with Gasteiger partial charge >= 0.3 is 0 Å². The lowest BCUT2D eigenvalue weighted by Crippen LogP contribution is -2.68. The number of hydrogen-bond donors (Lipinski definition) is 0. The van der Waals surface area contributed by atoms with Crippen molar-refractivity contribution in [3.8, 4) is 0 Å². The van der Waals surface area contributed by atoms with E-state index in [1.807, 2.05) is 12.3 Å². The zero-order valence-corrected chi connectivity index (χ0v) is 23.5. The molecule has 0 N–H and O–H groups in total. The van der Waals surface area contributed by atoms with Gasteiger partial charge in [0.05, 0.1) is 25.2 Å². The van der Waals surface area contributed by atoms with Crippen molar-refractivity contribution in [2.75, 3.05) is 19.7 Å². The highest BCUT2D eigenvalue weighted by atomic mass is 16.5. The molecular weight excluding hydrogens is 488 g/mol. The second-order valence-corrected chi connectivity index (χ2v) is 12.1. The van der Waals surface area contributed by atoms with Crippen molar-refractivity contribution in [3.63, 3.8) is 0 Å². The summed E-state index contributed by atoms with van der Waals surface area (Å²) in [6.45, 7) is 10.4. The molecule has 3 heteroatoms. The van der Waals surface area contributed by atoms with Crippen LogP contribution in [0.1, 0.15) is 43.4 Å². The molecule has 0 saturated carbocycles. The number of piperidine rings is 3. The van der Waals surface area contributed by atoms with E-state index in [9.17, 15) is 0 Å². The van der Waals surface area contributed by atoms with Gasteiger partial charge in [-0.3, -0.25) is 4.98 Å². The van der Waals surface area contributed by atoms with E-state index in [1.54, 1.807) is 0 Å². The Bertz CT molecular complexity index is 1630. The molecule has 0 amide bonds. The second-order valence-electron chi connectivity index (χ2n) is 12.1. The Labute approximate surface area is 237 Å². The number of hydrogen-bond acceptors (Lipinski definition) is 2. The fourth-order valence-corrected chi connectivity index (χ4v) is 8.18. The molecule has 5 aromatic rings. The lowest BCUT2D eigenvalue weighted by atomic mass is 9.70. The highest BCUT2D eigenvalue weighted by molar-refractivity contribution is 6.02. The summed E-state index contributed by atoms with van der Waals surface area (Å²) in [5, 5.41) is 6.67. The Morgan fingerprint density at radius 2 is 1.65 bits per heavy atom. The summed E-state index contributed by atoms with van der Waals surface area (Å²) in [6, 6.07) is 31.5. The highest BCUT2D eigenvalue weighted by Gasteiger charge is 2.55. The average Bonchev–Trinajstić information content (AvgIpc) is 3.01. The van der Waals surface area contributed by atoms with Gasteiger partial charge < -0.3 is 9.22 Å². The largest absolute Gasteiger partial charge is 0.363 e. The number of aromatic nitrogens is 1. The molecular formula is C37H39N2O+. The smallest absolute Gasteiger partial charge is 0.135 e. The van der Waals surface area contributed by atoms with Crippen LogP contribution in [-0.4, -0.2) is 35.2 Å². The van der Waals surface area contributed by atoms with E-state index in [4.69, 9.17) is 9.72 Å². The second kappa shape index (κ2) is 10.5. The normalized spacial score (nSPS) is 25.0. The van der Waals surface area contributed by atoms with E-state index in [-0.39, 0.29) is 6.10 Å². The molecule has 4 aromatic carbocycles. The van der Waals surface area contributed by atoms with Gasteiger partial charge in [-0.15, -0.1) is 6.58 Å². The van der Waals surface area contributed by atoms with Gasteiger partial charge in [-0.1, -0.05) is 79.7 Å². The van der Waals surface area contributed by atoms with E-state index in [0.717, 1.165) is 28.4 Å². The molecule has 40 heavy (non-hydrogen) atoms. The molecule has 0 aliphatic carbocycles. The number of fused-ring (bicyclic) bond motifs is 6. The van der Waals surface area contributed by atoms with Gasteiger partial charge in [0.2, 0.25) is 0 Å². The SMILES string of the molecule is C=CCO[C@@H](c1ccnc2ccccc12)[C@H]1C[C@@H]2CC[N@@+]1(Cc1c3ccccc3cc3ccccc13)C[C@@H]2CC. The van der Waals surface area contributed by atoms with E-state index < -0.39 is 0 Å². The summed E-state index contributed by atoms with van der Waals surface area (Å²) >= 11 is 0. The van der Waals surface area contributed by atoms with Gasteiger partial charge in [0.25, 0.3) is 0 Å². The number of quaternary nitrogens is 1. The summed E-state index contributed by atoms with van der Waals surface area (Å²) in [6.07, 6.45) is 7.64. The molecule has 3 nitrogen and oxygen atoms in total. The third kappa shape index (κ3) is 4.24. The van der Waals surface area contributed by atoms with Crippen LogP contribution in [0.25, 0.3) is 32.4 Å². The first-order valence-electron chi connectivity index (χ1n) is 15.0. The Morgan fingerprint density at radius 3 is 2.38 bits per heavy atom. The van der Waals surface area contributed by atoms with E-state index in [1.165, 1.54) is 70.4 Å². The van der Waals surface area contributed by atoms with Crippen LogP contribution in [0, 0.1) is 11.8 Å². The maximum Gasteiger partial charge on any atom is 0.135 e. The minimum Gasteiger partial charge on any atom is -0.363 e. The van der Waals surface area contributed by atoms with Crippen LogP contribution in [0.3, 0.4) is 0 Å². The lowest BCUT2D eigenvalue weighted by molar-refractivity contribution is -0.985. The minimum atomic E-state index is -0.00672. The molecule has 2 bridgehead atoms. The van der Waals surface area contributed by atoms with E-state index in [2.05, 4.69) is 98.4 Å². The van der Waals surface area contributed by atoms with Gasteiger partial charge in [0, 0.05) is 35.9 Å². The number of nitrogens with zero attached hydrogens (tertiary/aromatic N) is 2.